The summed E-state index contributed by atoms with van der Waals surface area (Å²) in [5.41, 5.74) is 1.82. The number of benzene rings is 2. The number of amides is 1. The van der Waals surface area contributed by atoms with Gasteiger partial charge in [-0.1, -0.05) is 60.7 Å². The van der Waals surface area contributed by atoms with Gasteiger partial charge in [-0.3, -0.25) is 19.7 Å². The quantitative estimate of drug-likeness (QED) is 0.454. The highest BCUT2D eigenvalue weighted by atomic mass is 16.5. The lowest BCUT2D eigenvalue weighted by atomic mass is 10.1. The first-order valence-corrected chi connectivity index (χ1v) is 11.0. The lowest BCUT2D eigenvalue weighted by Crippen LogP contribution is -2.53. The van der Waals surface area contributed by atoms with Gasteiger partial charge in [-0.05, 0) is 37.3 Å². The number of nitrogens with one attached hydrogen (secondary N) is 1. The van der Waals surface area contributed by atoms with Crippen LogP contribution in [0.25, 0.3) is 0 Å². The SMILES string of the molecule is CC(N[C@H]1CCCCN(C(C=O)OCc2ccccc2)C1=O)C(=O)OCc1ccccc1. The normalized spacial score (nSPS) is 18.5. The van der Waals surface area contributed by atoms with Gasteiger partial charge in [0.1, 0.15) is 12.6 Å². The number of hydrogen-bond acceptors (Lipinski definition) is 6. The smallest absolute Gasteiger partial charge is 0.323 e. The van der Waals surface area contributed by atoms with Crippen LogP contribution in [0.4, 0.5) is 0 Å². The highest BCUT2D eigenvalue weighted by Gasteiger charge is 2.33. The summed E-state index contributed by atoms with van der Waals surface area (Å²) in [6.07, 6.45) is 1.83. The zero-order chi connectivity index (χ0) is 22.8. The van der Waals surface area contributed by atoms with Gasteiger partial charge >= 0.3 is 5.97 Å². The first kappa shape index (κ1) is 23.6. The molecule has 2 aromatic carbocycles. The van der Waals surface area contributed by atoms with E-state index in [0.717, 1.165) is 24.0 Å². The Morgan fingerprint density at radius 2 is 1.69 bits per heavy atom. The van der Waals surface area contributed by atoms with E-state index in [1.54, 1.807) is 6.92 Å². The molecule has 3 rings (SSSR count). The lowest BCUT2D eigenvalue weighted by Gasteiger charge is -2.30. The van der Waals surface area contributed by atoms with Crippen molar-refractivity contribution in [3.05, 3.63) is 71.8 Å². The van der Waals surface area contributed by atoms with E-state index >= 15 is 0 Å². The molecule has 7 heteroatoms. The minimum Gasteiger partial charge on any atom is -0.460 e. The second-order valence-electron chi connectivity index (χ2n) is 7.88. The summed E-state index contributed by atoms with van der Waals surface area (Å²) in [6, 6.07) is 17.7. The maximum absolute atomic E-state index is 13.2. The molecule has 1 heterocycles. The highest BCUT2D eigenvalue weighted by Crippen LogP contribution is 2.17. The maximum atomic E-state index is 13.2. The lowest BCUT2D eigenvalue weighted by molar-refractivity contribution is -0.155. The van der Waals surface area contributed by atoms with Crippen LogP contribution in [0.5, 0.6) is 0 Å². The van der Waals surface area contributed by atoms with Gasteiger partial charge in [0.15, 0.2) is 12.5 Å². The zero-order valence-electron chi connectivity index (χ0n) is 18.3. The molecule has 0 aromatic heterocycles. The Bertz CT molecular complexity index is 874. The summed E-state index contributed by atoms with van der Waals surface area (Å²) < 4.78 is 11.1. The van der Waals surface area contributed by atoms with E-state index in [1.807, 2.05) is 60.7 Å². The van der Waals surface area contributed by atoms with E-state index in [4.69, 9.17) is 9.47 Å². The molecule has 1 saturated heterocycles. The summed E-state index contributed by atoms with van der Waals surface area (Å²) >= 11 is 0. The third-order valence-corrected chi connectivity index (χ3v) is 5.44. The van der Waals surface area contributed by atoms with Crippen molar-refractivity contribution in [2.24, 2.45) is 0 Å². The van der Waals surface area contributed by atoms with Crippen LogP contribution in [-0.4, -0.2) is 47.9 Å². The van der Waals surface area contributed by atoms with E-state index in [0.29, 0.717) is 19.3 Å². The average molecular weight is 439 g/mol. The van der Waals surface area contributed by atoms with Crippen molar-refractivity contribution in [1.82, 2.24) is 10.2 Å². The summed E-state index contributed by atoms with van der Waals surface area (Å²) in [7, 11) is 0. The van der Waals surface area contributed by atoms with Gasteiger partial charge in [0.05, 0.1) is 12.6 Å². The molecule has 7 nitrogen and oxygen atoms in total. The Morgan fingerprint density at radius 1 is 1.06 bits per heavy atom. The van der Waals surface area contributed by atoms with E-state index in [2.05, 4.69) is 5.32 Å². The molecule has 0 radical (unpaired) electrons. The molecule has 1 fully saturated rings. The van der Waals surface area contributed by atoms with Crippen molar-refractivity contribution in [2.75, 3.05) is 6.54 Å². The Kier molecular flexibility index (Phi) is 8.95. The first-order valence-electron chi connectivity index (χ1n) is 11.0. The van der Waals surface area contributed by atoms with Crippen molar-refractivity contribution in [1.29, 1.82) is 0 Å². The fourth-order valence-electron chi connectivity index (χ4n) is 3.65. The third-order valence-electron chi connectivity index (χ3n) is 5.44. The minimum absolute atomic E-state index is 0.178. The molecule has 32 heavy (non-hydrogen) atoms. The molecule has 3 atom stereocenters. The van der Waals surface area contributed by atoms with Gasteiger partial charge in [-0.15, -0.1) is 0 Å². The zero-order valence-corrected chi connectivity index (χ0v) is 18.3. The molecule has 170 valence electrons. The number of nitrogens with zero attached hydrogens (tertiary/aromatic N) is 1. The number of ether oxygens (including phenoxy) is 2. The number of aldehydes is 1. The monoisotopic (exact) mass is 438 g/mol. The minimum atomic E-state index is -0.967. The molecule has 0 bridgehead atoms. The van der Waals surface area contributed by atoms with Crippen LogP contribution >= 0.6 is 0 Å². The van der Waals surface area contributed by atoms with Crippen LogP contribution in [0.1, 0.15) is 37.3 Å². The molecule has 0 saturated carbocycles. The van der Waals surface area contributed by atoms with Crippen molar-refractivity contribution in [2.45, 2.75) is 57.7 Å². The van der Waals surface area contributed by atoms with Crippen molar-refractivity contribution in [3.63, 3.8) is 0 Å². The Labute approximate surface area is 188 Å². The van der Waals surface area contributed by atoms with Gasteiger partial charge in [0, 0.05) is 6.54 Å². The Balaban J connectivity index is 1.56. The largest absolute Gasteiger partial charge is 0.460 e. The average Bonchev–Trinajstić information content (AvgIpc) is 3.01. The van der Waals surface area contributed by atoms with Gasteiger partial charge in [-0.2, -0.15) is 0 Å². The molecule has 0 spiro atoms. The van der Waals surface area contributed by atoms with Gasteiger partial charge < -0.3 is 14.4 Å². The van der Waals surface area contributed by atoms with E-state index in [9.17, 15) is 14.4 Å². The molecule has 2 unspecified atom stereocenters. The van der Waals surface area contributed by atoms with Crippen LogP contribution < -0.4 is 5.32 Å². The van der Waals surface area contributed by atoms with Crippen LogP contribution in [0.15, 0.2) is 60.7 Å². The predicted molar refractivity (Wildman–Crippen MR) is 119 cm³/mol. The molecule has 1 aliphatic heterocycles. The molecule has 1 N–H and O–H groups in total. The Morgan fingerprint density at radius 3 is 2.31 bits per heavy atom. The van der Waals surface area contributed by atoms with Crippen molar-refractivity contribution < 1.29 is 23.9 Å². The molecular weight excluding hydrogens is 408 g/mol. The third kappa shape index (κ3) is 6.73. The molecule has 0 aliphatic carbocycles. The fraction of sp³-hybridized carbons (Fsp3) is 0.400. The summed E-state index contributed by atoms with van der Waals surface area (Å²) in [5, 5.41) is 3.09. The van der Waals surface area contributed by atoms with Crippen molar-refractivity contribution >= 4 is 18.2 Å². The maximum Gasteiger partial charge on any atom is 0.323 e. The first-order chi connectivity index (χ1) is 15.6. The number of hydrogen-bond donors (Lipinski definition) is 1. The summed E-state index contributed by atoms with van der Waals surface area (Å²) in [6.45, 7) is 2.52. The summed E-state index contributed by atoms with van der Waals surface area (Å²) in [4.78, 5) is 38.8. The highest BCUT2D eigenvalue weighted by molar-refractivity contribution is 5.85. The van der Waals surface area contributed by atoms with Gasteiger partial charge in [0.2, 0.25) is 5.91 Å². The number of carbonyl (C=O) groups is 3. The van der Waals surface area contributed by atoms with Crippen LogP contribution in [0.2, 0.25) is 0 Å². The number of rotatable bonds is 10. The fourth-order valence-corrected chi connectivity index (χ4v) is 3.65. The summed E-state index contributed by atoms with van der Waals surface area (Å²) in [5.74, 6) is -0.667. The van der Waals surface area contributed by atoms with E-state index < -0.39 is 24.3 Å². The molecule has 1 amide bonds. The topological polar surface area (TPSA) is 84.9 Å². The second kappa shape index (κ2) is 12.1. The number of carbonyl (C=O) groups excluding carboxylic acids is 3. The second-order valence-corrected chi connectivity index (χ2v) is 7.88. The number of likely N-dealkylation sites (tertiary alicyclic amines) is 1. The molecule has 1 aliphatic rings. The van der Waals surface area contributed by atoms with Gasteiger partial charge in [0.25, 0.3) is 0 Å². The Hall–Kier alpha value is -3.03. The van der Waals surface area contributed by atoms with E-state index in [-0.39, 0.29) is 19.1 Å². The molecule has 2 aromatic rings. The van der Waals surface area contributed by atoms with Crippen LogP contribution in [0.3, 0.4) is 0 Å². The van der Waals surface area contributed by atoms with Crippen molar-refractivity contribution in [3.8, 4) is 0 Å². The number of esters is 1. The predicted octanol–water partition coefficient (Wildman–Crippen LogP) is 2.83. The van der Waals surface area contributed by atoms with Crippen LogP contribution in [0, 0.1) is 0 Å². The standard InChI is InChI=1S/C25H30N2O5/c1-19(25(30)32-18-21-12-6-3-7-13-21)26-22-14-8-9-15-27(24(22)29)23(16-28)31-17-20-10-4-2-5-11-20/h2-7,10-13,16,19,22-23,26H,8-9,14-15,17-18H2,1H3/t19?,22-,23?/m0/s1. The van der Waals surface area contributed by atoms with E-state index in [1.165, 1.54) is 4.90 Å². The van der Waals surface area contributed by atoms with Gasteiger partial charge in [-0.25, -0.2) is 0 Å². The molecular formula is C25H30N2O5. The van der Waals surface area contributed by atoms with Crippen LogP contribution in [-0.2, 0) is 37.1 Å².